The summed E-state index contributed by atoms with van der Waals surface area (Å²) in [6.07, 6.45) is 25.6. The van der Waals surface area contributed by atoms with Crippen molar-refractivity contribution >= 4 is 5.97 Å². The number of carbonyl (C=O) groups is 1. The lowest BCUT2D eigenvalue weighted by atomic mass is 9.87. The van der Waals surface area contributed by atoms with Crippen LogP contribution in [0.2, 0.25) is 0 Å². The second kappa shape index (κ2) is 22.4. The van der Waals surface area contributed by atoms with Gasteiger partial charge in [-0.05, 0) is 37.5 Å². The number of unbranched alkanes of at least 4 members (excludes halogenated alkanes) is 13. The van der Waals surface area contributed by atoms with Crippen LogP contribution >= 0.6 is 0 Å². The fourth-order valence-electron chi connectivity index (χ4n) is 4.79. The van der Waals surface area contributed by atoms with Crippen LogP contribution in [0.25, 0.3) is 0 Å². The number of hydrogen-bond acceptors (Lipinski definition) is 1. The van der Waals surface area contributed by atoms with Gasteiger partial charge in [0.2, 0.25) is 0 Å². The van der Waals surface area contributed by atoms with Gasteiger partial charge in [0.1, 0.15) is 0 Å². The van der Waals surface area contributed by atoms with E-state index in [1.54, 1.807) is 6.92 Å². The van der Waals surface area contributed by atoms with Crippen molar-refractivity contribution in [2.24, 2.45) is 17.8 Å². The first-order chi connectivity index (χ1) is 14.4. The predicted molar refractivity (Wildman–Crippen MR) is 140 cm³/mol. The molecular weight excluding hydrogens is 380 g/mol. The summed E-state index contributed by atoms with van der Waals surface area (Å²) < 4.78 is 0. The molecule has 3 atom stereocenters. The van der Waals surface area contributed by atoms with E-state index in [9.17, 15) is 4.79 Å². The SMILES string of the molecule is C.CCCCCCCCCCCCCCCC[C@H](C)C[C@H](C)C[C@H](C)/C=C(\C)C(=O)O. The Labute approximate surface area is 196 Å². The Morgan fingerprint density at radius 1 is 0.710 bits per heavy atom. The molecule has 0 bridgehead atoms. The van der Waals surface area contributed by atoms with Gasteiger partial charge >= 0.3 is 5.97 Å². The maximum atomic E-state index is 10.9. The number of carboxylic acid groups (broad SMARTS) is 1. The van der Waals surface area contributed by atoms with Crippen LogP contribution in [0.4, 0.5) is 0 Å². The molecule has 0 radical (unpaired) electrons. The summed E-state index contributed by atoms with van der Waals surface area (Å²) in [4.78, 5) is 10.9. The number of hydrogen-bond donors (Lipinski definition) is 1. The smallest absolute Gasteiger partial charge is 0.330 e. The summed E-state index contributed by atoms with van der Waals surface area (Å²) in [5.74, 6) is 1.01. The number of rotatable bonds is 21. The van der Waals surface area contributed by atoms with Gasteiger partial charge in [-0.1, -0.05) is 138 Å². The molecule has 186 valence electrons. The Hall–Kier alpha value is -0.790. The molecule has 0 unspecified atom stereocenters. The average Bonchev–Trinajstić information content (AvgIpc) is 2.67. The molecule has 0 aliphatic heterocycles. The van der Waals surface area contributed by atoms with Crippen LogP contribution in [0.1, 0.15) is 151 Å². The lowest BCUT2D eigenvalue weighted by molar-refractivity contribution is -0.132. The average molecular weight is 439 g/mol. The molecular formula is C29H58O2. The highest BCUT2D eigenvalue weighted by Crippen LogP contribution is 2.24. The van der Waals surface area contributed by atoms with Gasteiger partial charge in [-0.15, -0.1) is 0 Å². The van der Waals surface area contributed by atoms with E-state index in [1.165, 1.54) is 103 Å². The summed E-state index contributed by atoms with van der Waals surface area (Å²) in [5, 5.41) is 9.00. The van der Waals surface area contributed by atoms with Crippen molar-refractivity contribution in [1.29, 1.82) is 0 Å². The molecule has 0 heterocycles. The fourth-order valence-corrected chi connectivity index (χ4v) is 4.79. The summed E-state index contributed by atoms with van der Waals surface area (Å²) in [6.45, 7) is 10.8. The molecule has 0 saturated carbocycles. The van der Waals surface area contributed by atoms with Crippen LogP contribution in [-0.2, 0) is 4.79 Å². The highest BCUT2D eigenvalue weighted by Gasteiger charge is 2.12. The Kier molecular flexibility index (Phi) is 23.4. The molecule has 0 aromatic heterocycles. The first kappa shape index (κ1) is 32.4. The summed E-state index contributed by atoms with van der Waals surface area (Å²) >= 11 is 0. The summed E-state index contributed by atoms with van der Waals surface area (Å²) in [6, 6.07) is 0. The van der Waals surface area contributed by atoms with Gasteiger partial charge in [-0.25, -0.2) is 4.79 Å². The largest absolute Gasteiger partial charge is 0.478 e. The number of aliphatic carboxylic acids is 1. The lowest BCUT2D eigenvalue weighted by Gasteiger charge is -2.19. The van der Waals surface area contributed by atoms with Crippen molar-refractivity contribution in [2.45, 2.75) is 151 Å². The van der Waals surface area contributed by atoms with Crippen LogP contribution in [0, 0.1) is 17.8 Å². The maximum Gasteiger partial charge on any atom is 0.330 e. The zero-order valence-electron chi connectivity index (χ0n) is 21.2. The first-order valence-corrected chi connectivity index (χ1v) is 13.3. The van der Waals surface area contributed by atoms with Gasteiger partial charge in [-0.3, -0.25) is 0 Å². The lowest BCUT2D eigenvalue weighted by Crippen LogP contribution is -2.08. The van der Waals surface area contributed by atoms with E-state index in [1.807, 2.05) is 6.08 Å². The van der Waals surface area contributed by atoms with E-state index in [0.717, 1.165) is 12.3 Å². The molecule has 0 spiro atoms. The molecule has 0 aromatic carbocycles. The molecule has 31 heavy (non-hydrogen) atoms. The van der Waals surface area contributed by atoms with E-state index < -0.39 is 5.97 Å². The Morgan fingerprint density at radius 2 is 1.13 bits per heavy atom. The third kappa shape index (κ3) is 22.2. The topological polar surface area (TPSA) is 37.3 Å². The fraction of sp³-hybridized carbons (Fsp3) is 0.897. The molecule has 0 aromatic rings. The van der Waals surface area contributed by atoms with Gasteiger partial charge in [0.25, 0.3) is 0 Å². The highest BCUT2D eigenvalue weighted by atomic mass is 16.4. The van der Waals surface area contributed by atoms with Crippen molar-refractivity contribution in [2.75, 3.05) is 0 Å². The normalized spacial score (nSPS) is 14.7. The second-order valence-electron chi connectivity index (χ2n) is 10.2. The monoisotopic (exact) mass is 438 g/mol. The molecule has 0 aliphatic carbocycles. The zero-order chi connectivity index (χ0) is 22.6. The van der Waals surface area contributed by atoms with E-state index in [0.29, 0.717) is 17.4 Å². The molecule has 0 rings (SSSR count). The van der Waals surface area contributed by atoms with Crippen LogP contribution in [0.15, 0.2) is 11.6 Å². The van der Waals surface area contributed by atoms with Crippen molar-refractivity contribution in [3.05, 3.63) is 11.6 Å². The molecule has 2 heteroatoms. The Balaban J connectivity index is 0. The van der Waals surface area contributed by atoms with Gasteiger partial charge in [0.15, 0.2) is 0 Å². The minimum absolute atomic E-state index is 0. The van der Waals surface area contributed by atoms with E-state index >= 15 is 0 Å². The van der Waals surface area contributed by atoms with Crippen LogP contribution < -0.4 is 0 Å². The van der Waals surface area contributed by atoms with Gasteiger partial charge < -0.3 is 5.11 Å². The molecule has 0 fully saturated rings. The van der Waals surface area contributed by atoms with Crippen LogP contribution in [0.5, 0.6) is 0 Å². The minimum Gasteiger partial charge on any atom is -0.478 e. The molecule has 0 saturated heterocycles. The third-order valence-electron chi connectivity index (χ3n) is 6.50. The van der Waals surface area contributed by atoms with Crippen molar-refractivity contribution < 1.29 is 9.90 Å². The predicted octanol–water partition coefficient (Wildman–Crippen LogP) is 10.2. The molecule has 0 aliphatic rings. The third-order valence-corrected chi connectivity index (χ3v) is 6.50. The summed E-state index contributed by atoms with van der Waals surface area (Å²) in [5.41, 5.74) is 0.477. The number of carboxylic acids is 1. The van der Waals surface area contributed by atoms with E-state index in [4.69, 9.17) is 5.11 Å². The quantitative estimate of drug-likeness (QED) is 0.143. The number of allylic oxidation sites excluding steroid dienone is 1. The zero-order valence-corrected chi connectivity index (χ0v) is 21.2. The van der Waals surface area contributed by atoms with Gasteiger partial charge in [-0.2, -0.15) is 0 Å². The summed E-state index contributed by atoms with van der Waals surface area (Å²) in [7, 11) is 0. The first-order valence-electron chi connectivity index (χ1n) is 13.3. The van der Waals surface area contributed by atoms with Crippen LogP contribution in [-0.4, -0.2) is 11.1 Å². The second-order valence-corrected chi connectivity index (χ2v) is 10.2. The van der Waals surface area contributed by atoms with Crippen molar-refractivity contribution in [3.63, 3.8) is 0 Å². The van der Waals surface area contributed by atoms with Gasteiger partial charge in [0.05, 0.1) is 0 Å². The van der Waals surface area contributed by atoms with E-state index in [2.05, 4.69) is 27.7 Å². The highest BCUT2D eigenvalue weighted by molar-refractivity contribution is 5.85. The molecule has 0 amide bonds. The standard InChI is InChI=1S/C28H54O2.CH4/c1-6-7-8-9-10-11-12-13-14-15-16-17-18-19-20-24(2)21-25(3)22-26(4)23-27(5)28(29)30;/h23-26H,6-22H2,1-5H3,(H,29,30);1H4/b27-23+;/t24-,25-,26-;/m0./s1. The minimum atomic E-state index is -0.791. The molecule has 2 nitrogen and oxygen atoms in total. The van der Waals surface area contributed by atoms with Gasteiger partial charge in [0, 0.05) is 5.57 Å². The Bertz CT molecular complexity index is 426. The van der Waals surface area contributed by atoms with Crippen LogP contribution in [0.3, 0.4) is 0 Å². The Morgan fingerprint density at radius 3 is 1.55 bits per heavy atom. The van der Waals surface area contributed by atoms with Crippen molar-refractivity contribution in [1.82, 2.24) is 0 Å². The molecule has 1 N–H and O–H groups in total. The van der Waals surface area contributed by atoms with Crippen molar-refractivity contribution in [3.8, 4) is 0 Å². The maximum absolute atomic E-state index is 10.9. The van der Waals surface area contributed by atoms with E-state index in [-0.39, 0.29) is 7.43 Å².